The number of imidazole rings is 1. The third-order valence-electron chi connectivity index (χ3n) is 3.39. The molecule has 22 heavy (non-hydrogen) atoms. The van der Waals surface area contributed by atoms with E-state index in [-0.39, 0.29) is 24.1 Å². The molecule has 0 aromatic carbocycles. The van der Waals surface area contributed by atoms with Gasteiger partial charge in [-0.3, -0.25) is 13.9 Å². The fourth-order valence-electron chi connectivity index (χ4n) is 2.16. The van der Waals surface area contributed by atoms with Gasteiger partial charge in [0.1, 0.15) is 0 Å². The second kappa shape index (κ2) is 5.69. The van der Waals surface area contributed by atoms with Crippen molar-refractivity contribution in [3.05, 3.63) is 31.0 Å². The van der Waals surface area contributed by atoms with Gasteiger partial charge in [-0.15, -0.1) is 0 Å². The van der Waals surface area contributed by atoms with Gasteiger partial charge < -0.3 is 20.3 Å². The van der Waals surface area contributed by atoms with Crippen LogP contribution in [0.15, 0.2) is 9.59 Å². The zero-order valence-corrected chi connectivity index (χ0v) is 12.0. The molecule has 0 fully saturated rings. The molecule has 2 rings (SSSR count). The average Bonchev–Trinajstić information content (AvgIpc) is 2.88. The lowest BCUT2D eigenvalue weighted by Gasteiger charge is -2.07. The van der Waals surface area contributed by atoms with Gasteiger partial charge in [-0.05, 0) is 9.91 Å². The maximum Gasteiger partial charge on any atom is 0.437 e. The highest BCUT2D eigenvalue weighted by atomic mass is 16.6. The monoisotopic (exact) mass is 313 g/mol. The Balaban J connectivity index is 2.76. The summed E-state index contributed by atoms with van der Waals surface area (Å²) in [5.74, 6) is -0.599. The molecule has 0 aliphatic carbocycles. The molecule has 1 unspecified atom stereocenters. The quantitative estimate of drug-likeness (QED) is 0.483. The van der Waals surface area contributed by atoms with Crippen LogP contribution in [0.4, 0.5) is 5.95 Å². The molecule has 0 spiro atoms. The van der Waals surface area contributed by atoms with E-state index in [1.165, 1.54) is 14.1 Å². The van der Waals surface area contributed by atoms with Gasteiger partial charge in [0.05, 0.1) is 19.3 Å². The topological polar surface area (TPSA) is 145 Å². The highest BCUT2D eigenvalue weighted by Gasteiger charge is 2.28. The van der Waals surface area contributed by atoms with Crippen LogP contribution in [-0.4, -0.2) is 46.5 Å². The molecule has 120 valence electrons. The first kappa shape index (κ1) is 15.9. The zero-order chi connectivity index (χ0) is 16.6. The highest BCUT2D eigenvalue weighted by Crippen LogP contribution is 2.18. The maximum atomic E-state index is 12.2. The van der Waals surface area contributed by atoms with E-state index in [1.807, 2.05) is 0 Å². The minimum Gasteiger partial charge on any atom is -0.394 e. The predicted molar refractivity (Wildman–Crippen MR) is 74.6 cm³/mol. The molecule has 0 bridgehead atoms. The van der Waals surface area contributed by atoms with E-state index in [4.69, 9.17) is 5.11 Å². The molecule has 0 aliphatic rings. The second-order valence-corrected chi connectivity index (χ2v) is 4.82. The summed E-state index contributed by atoms with van der Waals surface area (Å²) in [6, 6.07) is 0. The Kier molecular flexibility index (Phi) is 4.10. The van der Waals surface area contributed by atoms with Crippen molar-refractivity contribution >= 4 is 17.1 Å². The maximum absolute atomic E-state index is 12.2. The minimum absolute atomic E-state index is 0.00516. The van der Waals surface area contributed by atoms with Crippen LogP contribution in [0.5, 0.6) is 0 Å². The molecule has 2 aromatic rings. The van der Waals surface area contributed by atoms with Crippen LogP contribution in [-0.2, 0) is 20.6 Å². The van der Waals surface area contributed by atoms with Crippen LogP contribution in [0.1, 0.15) is 6.42 Å². The molecular formula is C11H15N5O6. The second-order valence-electron chi connectivity index (χ2n) is 4.82. The SMILES string of the molecule is Cn1c(=O)c2c(nc([N+](=O)[O-])n2CCC(O)CO)n(C)c1=O. The first-order valence-electron chi connectivity index (χ1n) is 6.39. The van der Waals surface area contributed by atoms with Gasteiger partial charge in [0, 0.05) is 20.5 Å². The number of hydrogen-bond acceptors (Lipinski definition) is 7. The van der Waals surface area contributed by atoms with E-state index in [0.717, 1.165) is 13.7 Å². The normalized spacial score (nSPS) is 12.7. The summed E-state index contributed by atoms with van der Waals surface area (Å²) in [5.41, 5.74) is -1.55. The van der Waals surface area contributed by atoms with Crippen molar-refractivity contribution in [1.82, 2.24) is 18.7 Å². The van der Waals surface area contributed by atoms with Crippen LogP contribution in [0.25, 0.3) is 11.2 Å². The van der Waals surface area contributed by atoms with Crippen LogP contribution in [0.2, 0.25) is 0 Å². The Hall–Kier alpha value is -2.53. The summed E-state index contributed by atoms with van der Waals surface area (Å²) in [5, 5.41) is 29.3. The van der Waals surface area contributed by atoms with Gasteiger partial charge in [-0.25, -0.2) is 9.36 Å². The summed E-state index contributed by atoms with van der Waals surface area (Å²) in [7, 11) is 2.61. The number of aromatic nitrogens is 4. The van der Waals surface area contributed by atoms with Crippen LogP contribution in [0, 0.1) is 10.1 Å². The molecule has 0 aliphatic heterocycles. The van der Waals surface area contributed by atoms with Crippen LogP contribution >= 0.6 is 0 Å². The van der Waals surface area contributed by atoms with Crippen LogP contribution < -0.4 is 11.2 Å². The molecule has 1 atom stereocenters. The van der Waals surface area contributed by atoms with E-state index in [0.29, 0.717) is 0 Å². The fraction of sp³-hybridized carbons (Fsp3) is 0.545. The molecule has 0 radical (unpaired) electrons. The Morgan fingerprint density at radius 2 is 1.95 bits per heavy atom. The number of rotatable bonds is 5. The number of aliphatic hydroxyl groups excluding tert-OH is 2. The lowest BCUT2D eigenvalue weighted by molar-refractivity contribution is -0.396. The first-order chi connectivity index (χ1) is 10.3. The molecular weight excluding hydrogens is 298 g/mol. The van der Waals surface area contributed by atoms with Gasteiger partial charge in [-0.2, -0.15) is 0 Å². The summed E-state index contributed by atoms with van der Waals surface area (Å²) in [4.78, 5) is 38.2. The predicted octanol–water partition coefficient (Wildman–Crippen LogP) is -1.91. The first-order valence-corrected chi connectivity index (χ1v) is 6.39. The fourth-order valence-corrected chi connectivity index (χ4v) is 2.16. The minimum atomic E-state index is -1.08. The largest absolute Gasteiger partial charge is 0.437 e. The van der Waals surface area contributed by atoms with Crippen molar-refractivity contribution in [3.63, 3.8) is 0 Å². The number of fused-ring (bicyclic) bond motifs is 1. The number of aliphatic hydroxyl groups is 2. The Morgan fingerprint density at radius 1 is 1.32 bits per heavy atom. The zero-order valence-electron chi connectivity index (χ0n) is 12.0. The Morgan fingerprint density at radius 3 is 2.50 bits per heavy atom. The summed E-state index contributed by atoms with van der Waals surface area (Å²) >= 11 is 0. The van der Waals surface area contributed by atoms with Gasteiger partial charge >= 0.3 is 11.6 Å². The van der Waals surface area contributed by atoms with Crippen molar-refractivity contribution in [2.45, 2.75) is 19.1 Å². The smallest absolute Gasteiger partial charge is 0.394 e. The number of hydrogen-bond donors (Lipinski definition) is 2. The lowest BCUT2D eigenvalue weighted by Crippen LogP contribution is -2.37. The van der Waals surface area contributed by atoms with E-state index in [9.17, 15) is 24.8 Å². The van der Waals surface area contributed by atoms with E-state index in [2.05, 4.69) is 4.98 Å². The van der Waals surface area contributed by atoms with Crippen molar-refractivity contribution < 1.29 is 15.1 Å². The summed E-state index contributed by atoms with van der Waals surface area (Å²) < 4.78 is 2.91. The number of nitrogens with zero attached hydrogens (tertiary/aromatic N) is 5. The molecule has 11 heteroatoms. The standard InChI is InChI=1S/C11H15N5O6/c1-13-8-7(9(19)14(2)11(13)20)15(4-3-6(18)5-17)10(12-8)16(21)22/h6,17-18H,3-5H2,1-2H3. The Labute approximate surface area is 122 Å². The summed E-state index contributed by atoms with van der Waals surface area (Å²) in [6.07, 6.45) is -1.08. The molecule has 11 nitrogen and oxygen atoms in total. The van der Waals surface area contributed by atoms with Crippen LogP contribution in [0.3, 0.4) is 0 Å². The molecule has 0 saturated carbocycles. The van der Waals surface area contributed by atoms with Crippen molar-refractivity contribution in [2.75, 3.05) is 6.61 Å². The van der Waals surface area contributed by atoms with Crippen molar-refractivity contribution in [2.24, 2.45) is 14.1 Å². The Bertz CT molecular complexity index is 847. The third kappa shape index (κ3) is 2.40. The highest BCUT2D eigenvalue weighted by molar-refractivity contribution is 5.72. The van der Waals surface area contributed by atoms with Crippen molar-refractivity contribution in [3.8, 4) is 0 Å². The van der Waals surface area contributed by atoms with Gasteiger partial charge in [0.25, 0.3) is 11.2 Å². The average molecular weight is 313 g/mol. The van der Waals surface area contributed by atoms with E-state index in [1.54, 1.807) is 0 Å². The number of nitro groups is 1. The summed E-state index contributed by atoms with van der Waals surface area (Å²) in [6.45, 7) is -0.598. The lowest BCUT2D eigenvalue weighted by atomic mass is 10.2. The molecule has 2 aromatic heterocycles. The molecule has 0 amide bonds. The molecule has 0 saturated heterocycles. The van der Waals surface area contributed by atoms with E-state index >= 15 is 0 Å². The van der Waals surface area contributed by atoms with Gasteiger partial charge in [0.2, 0.25) is 5.52 Å². The number of aryl methyl sites for hydroxylation is 2. The molecule has 2 heterocycles. The van der Waals surface area contributed by atoms with Gasteiger partial charge in [0.15, 0.2) is 0 Å². The van der Waals surface area contributed by atoms with Gasteiger partial charge in [-0.1, -0.05) is 0 Å². The molecule has 2 N–H and O–H groups in total. The van der Waals surface area contributed by atoms with Crippen molar-refractivity contribution in [1.29, 1.82) is 0 Å². The third-order valence-corrected chi connectivity index (χ3v) is 3.39. The van der Waals surface area contributed by atoms with E-state index < -0.39 is 34.8 Å².